The molecule has 1 saturated heterocycles. The van der Waals surface area contributed by atoms with Crippen LogP contribution in [0.1, 0.15) is 23.6 Å². The number of rotatable bonds is 3. The molecule has 2 N–H and O–H groups in total. The summed E-state index contributed by atoms with van der Waals surface area (Å²) in [6.07, 6.45) is 4.93. The number of likely N-dealkylation sites (tertiary alicyclic amines) is 1. The molecule has 2 aliphatic heterocycles. The molecule has 3 aromatic rings. The van der Waals surface area contributed by atoms with Crippen LogP contribution in [0.4, 0.5) is 10.1 Å². The Balaban J connectivity index is 0.000000994. The number of benzene rings is 2. The molecule has 0 radical (unpaired) electrons. The van der Waals surface area contributed by atoms with Crippen molar-refractivity contribution in [3.8, 4) is 11.1 Å². The van der Waals surface area contributed by atoms with Crippen LogP contribution in [-0.4, -0.2) is 35.2 Å². The third kappa shape index (κ3) is 4.02. The van der Waals surface area contributed by atoms with Gasteiger partial charge in [0.15, 0.2) is 0 Å². The lowest BCUT2D eigenvalue weighted by Crippen LogP contribution is -2.32. The SMILES string of the molecule is CO.Fc1cccc(-c2ccc3c(c2)C2C(CCN2Cc2ccncc2)CN3)c1. The van der Waals surface area contributed by atoms with E-state index in [0.717, 1.165) is 37.9 Å². The summed E-state index contributed by atoms with van der Waals surface area (Å²) in [5.41, 5.74) is 5.84. The lowest BCUT2D eigenvalue weighted by atomic mass is 9.87. The molecule has 0 saturated carbocycles. The predicted octanol–water partition coefficient (Wildman–Crippen LogP) is 4.48. The van der Waals surface area contributed by atoms with Crippen LogP contribution < -0.4 is 5.32 Å². The molecule has 1 aromatic heterocycles. The van der Waals surface area contributed by atoms with Gasteiger partial charge in [0.05, 0.1) is 0 Å². The number of aliphatic hydroxyl groups excluding tert-OH is 1. The molecule has 29 heavy (non-hydrogen) atoms. The van der Waals surface area contributed by atoms with E-state index in [-0.39, 0.29) is 5.82 Å². The summed E-state index contributed by atoms with van der Waals surface area (Å²) >= 11 is 0. The molecule has 150 valence electrons. The zero-order chi connectivity index (χ0) is 20.2. The number of hydrogen-bond donors (Lipinski definition) is 2. The summed E-state index contributed by atoms with van der Waals surface area (Å²) in [6, 6.07) is 17.9. The Kier molecular flexibility index (Phi) is 5.88. The molecule has 0 bridgehead atoms. The molecule has 5 heteroatoms. The molecule has 0 amide bonds. The minimum atomic E-state index is -0.193. The molecule has 0 aliphatic carbocycles. The Bertz CT molecular complexity index is 963. The highest BCUT2D eigenvalue weighted by atomic mass is 19.1. The lowest BCUT2D eigenvalue weighted by molar-refractivity contribution is 0.220. The zero-order valence-electron chi connectivity index (χ0n) is 16.6. The summed E-state index contributed by atoms with van der Waals surface area (Å²) in [7, 11) is 1.00. The summed E-state index contributed by atoms with van der Waals surface area (Å²) < 4.78 is 13.7. The van der Waals surface area contributed by atoms with E-state index in [1.807, 2.05) is 18.5 Å². The van der Waals surface area contributed by atoms with E-state index >= 15 is 0 Å². The van der Waals surface area contributed by atoms with Crippen LogP contribution in [0.2, 0.25) is 0 Å². The van der Waals surface area contributed by atoms with Crippen molar-refractivity contribution < 1.29 is 9.50 Å². The van der Waals surface area contributed by atoms with Gasteiger partial charge in [0.2, 0.25) is 0 Å². The van der Waals surface area contributed by atoms with Crippen LogP contribution in [0.3, 0.4) is 0 Å². The highest BCUT2D eigenvalue weighted by molar-refractivity contribution is 5.70. The van der Waals surface area contributed by atoms with Crippen molar-refractivity contribution >= 4 is 5.69 Å². The summed E-state index contributed by atoms with van der Waals surface area (Å²) in [5.74, 6) is 0.420. The molecule has 4 nitrogen and oxygen atoms in total. The Labute approximate surface area is 171 Å². The molecule has 3 heterocycles. The minimum Gasteiger partial charge on any atom is -0.400 e. The van der Waals surface area contributed by atoms with Gasteiger partial charge in [0.1, 0.15) is 5.82 Å². The minimum absolute atomic E-state index is 0.193. The first kappa shape index (κ1) is 19.6. The van der Waals surface area contributed by atoms with Gasteiger partial charge in [0, 0.05) is 44.3 Å². The number of pyridine rings is 1. The van der Waals surface area contributed by atoms with Gasteiger partial charge in [-0.3, -0.25) is 9.88 Å². The monoisotopic (exact) mass is 391 g/mol. The quantitative estimate of drug-likeness (QED) is 0.691. The average Bonchev–Trinajstić information content (AvgIpc) is 3.19. The van der Waals surface area contributed by atoms with Crippen LogP contribution in [0.15, 0.2) is 67.0 Å². The van der Waals surface area contributed by atoms with Crippen LogP contribution >= 0.6 is 0 Å². The molecular weight excluding hydrogens is 365 g/mol. The van der Waals surface area contributed by atoms with Gasteiger partial charge in [-0.2, -0.15) is 0 Å². The van der Waals surface area contributed by atoms with Crippen LogP contribution in [-0.2, 0) is 6.54 Å². The van der Waals surface area contributed by atoms with Crippen LogP contribution in [0, 0.1) is 11.7 Å². The first-order valence-electron chi connectivity index (χ1n) is 9.99. The van der Waals surface area contributed by atoms with E-state index in [0.29, 0.717) is 12.0 Å². The van der Waals surface area contributed by atoms with Crippen molar-refractivity contribution in [2.24, 2.45) is 5.92 Å². The van der Waals surface area contributed by atoms with Crippen LogP contribution in [0.25, 0.3) is 11.1 Å². The fourth-order valence-corrected chi connectivity index (χ4v) is 4.55. The second kappa shape index (κ2) is 8.72. The van der Waals surface area contributed by atoms with Crippen LogP contribution in [0.5, 0.6) is 0 Å². The Morgan fingerprint density at radius 1 is 1.07 bits per heavy atom. The molecule has 0 spiro atoms. The first-order valence-corrected chi connectivity index (χ1v) is 9.99. The van der Waals surface area contributed by atoms with Gasteiger partial charge in [-0.05, 0) is 77.5 Å². The van der Waals surface area contributed by atoms with E-state index < -0.39 is 0 Å². The first-order chi connectivity index (χ1) is 14.3. The smallest absolute Gasteiger partial charge is 0.123 e. The zero-order valence-corrected chi connectivity index (χ0v) is 16.6. The number of fused-ring (bicyclic) bond motifs is 3. The highest BCUT2D eigenvalue weighted by Crippen LogP contribution is 2.45. The maximum absolute atomic E-state index is 13.7. The molecule has 2 aliphatic rings. The normalized spacial score (nSPS) is 20.1. The third-order valence-corrected chi connectivity index (χ3v) is 5.84. The predicted molar refractivity (Wildman–Crippen MR) is 114 cm³/mol. The molecule has 2 aromatic carbocycles. The number of nitrogens with zero attached hydrogens (tertiary/aromatic N) is 2. The molecule has 2 unspecified atom stereocenters. The van der Waals surface area contributed by atoms with E-state index in [2.05, 4.69) is 45.5 Å². The maximum atomic E-state index is 13.7. The molecular formula is C24H26FN3O. The topological polar surface area (TPSA) is 48.4 Å². The Hall–Kier alpha value is -2.76. The molecule has 5 rings (SSSR count). The third-order valence-electron chi connectivity index (χ3n) is 5.84. The molecule has 1 fully saturated rings. The standard InChI is InChI=1S/C23H22FN3.CH4O/c24-20-3-1-2-17(12-20)18-4-5-22-21(13-18)23-19(14-26-22)8-11-27(23)15-16-6-9-25-10-7-16;1-2/h1-7,9-10,12-13,19,23,26H,8,11,14-15H2;2H,1H3. The van der Waals surface area contributed by atoms with Crippen molar-refractivity contribution in [1.82, 2.24) is 9.88 Å². The van der Waals surface area contributed by atoms with Crippen molar-refractivity contribution in [3.05, 3.63) is 83.9 Å². The van der Waals surface area contributed by atoms with Crippen molar-refractivity contribution in [2.75, 3.05) is 25.5 Å². The Morgan fingerprint density at radius 2 is 1.86 bits per heavy atom. The highest BCUT2D eigenvalue weighted by Gasteiger charge is 2.39. The van der Waals surface area contributed by atoms with Gasteiger partial charge >= 0.3 is 0 Å². The van der Waals surface area contributed by atoms with E-state index in [1.165, 1.54) is 29.3 Å². The second-order valence-corrected chi connectivity index (χ2v) is 7.51. The van der Waals surface area contributed by atoms with Crippen molar-refractivity contribution in [2.45, 2.75) is 19.0 Å². The van der Waals surface area contributed by atoms with Gasteiger partial charge in [-0.25, -0.2) is 4.39 Å². The average molecular weight is 391 g/mol. The number of aliphatic hydroxyl groups is 1. The number of aromatic nitrogens is 1. The summed E-state index contributed by atoms with van der Waals surface area (Å²) in [4.78, 5) is 6.71. The van der Waals surface area contributed by atoms with E-state index in [4.69, 9.17) is 5.11 Å². The maximum Gasteiger partial charge on any atom is 0.123 e. The fraction of sp³-hybridized carbons (Fsp3) is 0.292. The number of hydrogen-bond acceptors (Lipinski definition) is 4. The van der Waals surface area contributed by atoms with Gasteiger partial charge in [0.25, 0.3) is 0 Å². The van der Waals surface area contributed by atoms with E-state index in [9.17, 15) is 4.39 Å². The van der Waals surface area contributed by atoms with Crippen molar-refractivity contribution in [3.63, 3.8) is 0 Å². The number of halogens is 1. The number of anilines is 1. The van der Waals surface area contributed by atoms with E-state index in [1.54, 1.807) is 12.1 Å². The summed E-state index contributed by atoms with van der Waals surface area (Å²) in [6.45, 7) is 3.06. The Morgan fingerprint density at radius 3 is 2.66 bits per heavy atom. The fourth-order valence-electron chi connectivity index (χ4n) is 4.55. The van der Waals surface area contributed by atoms with Crippen molar-refractivity contribution in [1.29, 1.82) is 0 Å². The molecule has 2 atom stereocenters. The largest absolute Gasteiger partial charge is 0.400 e. The van der Waals surface area contributed by atoms with Gasteiger partial charge in [-0.15, -0.1) is 0 Å². The van der Waals surface area contributed by atoms with Gasteiger partial charge < -0.3 is 10.4 Å². The van der Waals surface area contributed by atoms with Gasteiger partial charge in [-0.1, -0.05) is 18.2 Å². The lowest BCUT2D eigenvalue weighted by Gasteiger charge is -2.35. The number of nitrogens with one attached hydrogen (secondary N) is 1. The second-order valence-electron chi connectivity index (χ2n) is 7.51. The summed E-state index contributed by atoms with van der Waals surface area (Å²) in [5, 5.41) is 10.6.